The molecular weight excluding hydrogens is 371 g/mol. The molecule has 0 saturated heterocycles. The molecule has 0 unspecified atom stereocenters. The molecule has 128 valence electrons. The molecule has 0 amide bonds. The van der Waals surface area contributed by atoms with Gasteiger partial charge < -0.3 is 4.90 Å². The van der Waals surface area contributed by atoms with Crippen molar-refractivity contribution in [2.75, 3.05) is 29.7 Å². The summed E-state index contributed by atoms with van der Waals surface area (Å²) in [4.78, 5) is 13.4. The molecule has 0 N–H and O–H groups in total. The Hall–Kier alpha value is -1.63. The second-order valence-electron chi connectivity index (χ2n) is 4.88. The summed E-state index contributed by atoms with van der Waals surface area (Å²) in [5.74, 6) is 0.987. The van der Waals surface area contributed by atoms with Crippen LogP contribution < -0.4 is 4.90 Å². The lowest BCUT2D eigenvalue weighted by Gasteiger charge is -2.22. The zero-order chi connectivity index (χ0) is 17.5. The number of alkyl halides is 2. The largest absolute Gasteiger partial charge is 0.369 e. The molecule has 5 nitrogen and oxygen atoms in total. The summed E-state index contributed by atoms with van der Waals surface area (Å²) in [5, 5.41) is 10.7. The van der Waals surface area contributed by atoms with Crippen LogP contribution in [0.1, 0.15) is 0 Å². The third-order valence-electron chi connectivity index (χ3n) is 3.39. The van der Waals surface area contributed by atoms with Crippen LogP contribution in [0.25, 0.3) is 0 Å². The van der Waals surface area contributed by atoms with Crippen LogP contribution in [0.3, 0.4) is 0 Å². The predicted octanol–water partition coefficient (Wildman–Crippen LogP) is 4.05. The van der Waals surface area contributed by atoms with Crippen LogP contribution in [0.4, 0.5) is 11.4 Å². The van der Waals surface area contributed by atoms with Crippen molar-refractivity contribution in [2.24, 2.45) is 0 Å². The van der Waals surface area contributed by atoms with Crippen LogP contribution in [-0.4, -0.2) is 34.0 Å². The molecule has 0 fully saturated rings. The van der Waals surface area contributed by atoms with Gasteiger partial charge in [-0.1, -0.05) is 0 Å². The maximum Gasteiger partial charge on any atom is 0.269 e. The van der Waals surface area contributed by atoms with Crippen molar-refractivity contribution in [3.05, 3.63) is 58.6 Å². The zero-order valence-corrected chi connectivity index (χ0v) is 15.1. The number of nitrogens with zero attached hydrogens (tertiary/aromatic N) is 2. The van der Waals surface area contributed by atoms with Crippen molar-refractivity contribution in [3.63, 3.8) is 0 Å². The Morgan fingerprint density at radius 1 is 0.917 bits per heavy atom. The van der Waals surface area contributed by atoms with Gasteiger partial charge in [-0.2, -0.15) is 0 Å². The average molecular weight is 387 g/mol. The summed E-state index contributed by atoms with van der Waals surface area (Å²) < 4.78 is 12.5. The quantitative estimate of drug-likeness (QED) is 0.390. The van der Waals surface area contributed by atoms with Crippen molar-refractivity contribution in [2.45, 2.75) is 9.79 Å². The molecular formula is C16H16Cl2N2O3S. The van der Waals surface area contributed by atoms with Gasteiger partial charge in [0, 0.05) is 52.5 Å². The molecule has 0 radical (unpaired) electrons. The normalized spacial score (nSPS) is 11.9. The Labute approximate surface area is 152 Å². The highest BCUT2D eigenvalue weighted by Crippen LogP contribution is 2.22. The lowest BCUT2D eigenvalue weighted by Crippen LogP contribution is -2.27. The second kappa shape index (κ2) is 9.01. The summed E-state index contributed by atoms with van der Waals surface area (Å²) in [6, 6.07) is 13.0. The fraction of sp³-hybridized carbons (Fsp3) is 0.250. The van der Waals surface area contributed by atoms with Gasteiger partial charge in [0.1, 0.15) is 0 Å². The van der Waals surface area contributed by atoms with Gasteiger partial charge in [-0.3, -0.25) is 10.1 Å². The Morgan fingerprint density at radius 2 is 1.38 bits per heavy atom. The minimum absolute atomic E-state index is 0.0242. The minimum Gasteiger partial charge on any atom is -0.369 e. The molecule has 1 atom stereocenters. The average Bonchev–Trinajstić information content (AvgIpc) is 2.61. The lowest BCUT2D eigenvalue weighted by atomic mass is 10.3. The number of benzene rings is 2. The van der Waals surface area contributed by atoms with E-state index < -0.39 is 15.7 Å². The molecule has 0 heterocycles. The predicted molar refractivity (Wildman–Crippen MR) is 97.9 cm³/mol. The van der Waals surface area contributed by atoms with Crippen LogP contribution in [0.2, 0.25) is 0 Å². The SMILES string of the molecule is O=[N+]([O-])c1ccc([S@](=O)c2ccc(N(CCCl)CCCl)cc2)cc1. The summed E-state index contributed by atoms with van der Waals surface area (Å²) >= 11 is 11.6. The fourth-order valence-electron chi connectivity index (χ4n) is 2.18. The summed E-state index contributed by atoms with van der Waals surface area (Å²) in [6.45, 7) is 1.36. The summed E-state index contributed by atoms with van der Waals surface area (Å²) in [5.41, 5.74) is 0.935. The van der Waals surface area contributed by atoms with E-state index in [4.69, 9.17) is 23.2 Å². The summed E-state index contributed by atoms with van der Waals surface area (Å²) in [7, 11) is -1.39. The molecule has 0 aliphatic carbocycles. The number of nitro groups is 1. The molecule has 0 saturated carbocycles. The molecule has 0 bridgehead atoms. The van der Waals surface area contributed by atoms with Gasteiger partial charge in [0.25, 0.3) is 5.69 Å². The second-order valence-corrected chi connectivity index (χ2v) is 7.11. The van der Waals surface area contributed by atoms with E-state index in [0.717, 1.165) is 5.69 Å². The highest BCUT2D eigenvalue weighted by molar-refractivity contribution is 7.85. The first kappa shape index (κ1) is 18.7. The number of hydrogen-bond donors (Lipinski definition) is 0. The molecule has 0 aliphatic heterocycles. The van der Waals surface area contributed by atoms with Crippen molar-refractivity contribution in [1.82, 2.24) is 0 Å². The van der Waals surface area contributed by atoms with Gasteiger partial charge in [0.05, 0.1) is 15.7 Å². The standard InChI is InChI=1S/C16H16Cl2N2O3S/c17-9-11-19(12-10-18)13-1-5-15(6-2-13)24(23)16-7-3-14(4-8-16)20(21)22/h1-8H,9-12H2/t24-/m1/s1. The zero-order valence-electron chi connectivity index (χ0n) is 12.7. The van der Waals surface area contributed by atoms with E-state index in [9.17, 15) is 14.3 Å². The number of nitro benzene ring substituents is 1. The molecule has 2 aromatic carbocycles. The molecule has 0 aromatic heterocycles. The molecule has 24 heavy (non-hydrogen) atoms. The maximum atomic E-state index is 12.5. The van der Waals surface area contributed by atoms with E-state index in [1.807, 2.05) is 12.1 Å². The Kier molecular flexibility index (Phi) is 7.02. The van der Waals surface area contributed by atoms with Crippen LogP contribution >= 0.6 is 23.2 Å². The maximum absolute atomic E-state index is 12.5. The highest BCUT2D eigenvalue weighted by atomic mass is 35.5. The first-order chi connectivity index (χ1) is 11.6. The van der Waals surface area contributed by atoms with Crippen molar-refractivity contribution < 1.29 is 9.13 Å². The Bertz CT molecular complexity index is 702. The van der Waals surface area contributed by atoms with Crippen molar-refractivity contribution in [1.29, 1.82) is 0 Å². The van der Waals surface area contributed by atoms with Gasteiger partial charge >= 0.3 is 0 Å². The first-order valence-corrected chi connectivity index (χ1v) is 9.42. The topological polar surface area (TPSA) is 63.5 Å². The fourth-order valence-corrected chi connectivity index (χ4v) is 3.63. The minimum atomic E-state index is -1.39. The monoisotopic (exact) mass is 386 g/mol. The number of hydrogen-bond acceptors (Lipinski definition) is 4. The number of anilines is 1. The number of non-ortho nitro benzene ring substituents is 1. The van der Waals surface area contributed by atoms with Gasteiger partial charge in [-0.25, -0.2) is 4.21 Å². The van der Waals surface area contributed by atoms with Crippen LogP contribution in [0, 0.1) is 10.1 Å². The van der Waals surface area contributed by atoms with Gasteiger partial charge in [0.15, 0.2) is 0 Å². The van der Waals surface area contributed by atoms with Crippen LogP contribution in [0.15, 0.2) is 58.3 Å². The van der Waals surface area contributed by atoms with Crippen molar-refractivity contribution in [3.8, 4) is 0 Å². The van der Waals surface area contributed by atoms with E-state index in [1.165, 1.54) is 24.3 Å². The van der Waals surface area contributed by atoms with E-state index in [-0.39, 0.29) is 5.69 Å². The third kappa shape index (κ3) is 4.69. The molecule has 0 aliphatic rings. The Balaban J connectivity index is 2.17. The van der Waals surface area contributed by atoms with E-state index in [1.54, 1.807) is 12.1 Å². The molecule has 2 aromatic rings. The number of halogens is 2. The van der Waals surface area contributed by atoms with Gasteiger partial charge in [-0.05, 0) is 36.4 Å². The van der Waals surface area contributed by atoms with Gasteiger partial charge in [0.2, 0.25) is 0 Å². The van der Waals surface area contributed by atoms with Gasteiger partial charge in [-0.15, -0.1) is 23.2 Å². The van der Waals surface area contributed by atoms with Crippen LogP contribution in [0.5, 0.6) is 0 Å². The molecule has 0 spiro atoms. The third-order valence-corrected chi connectivity index (χ3v) is 5.13. The smallest absolute Gasteiger partial charge is 0.269 e. The molecule has 2 rings (SSSR count). The lowest BCUT2D eigenvalue weighted by molar-refractivity contribution is -0.384. The summed E-state index contributed by atoms with van der Waals surface area (Å²) in [6.07, 6.45) is 0. The number of rotatable bonds is 8. The van der Waals surface area contributed by atoms with Crippen LogP contribution in [-0.2, 0) is 10.8 Å². The van der Waals surface area contributed by atoms with E-state index in [2.05, 4.69) is 4.90 Å². The van der Waals surface area contributed by atoms with Crippen molar-refractivity contribution >= 4 is 45.4 Å². The molecule has 8 heteroatoms. The Morgan fingerprint density at radius 3 is 1.79 bits per heavy atom. The van der Waals surface area contributed by atoms with E-state index >= 15 is 0 Å². The first-order valence-electron chi connectivity index (χ1n) is 7.20. The highest BCUT2D eigenvalue weighted by Gasteiger charge is 2.11. The van der Waals surface area contributed by atoms with E-state index in [0.29, 0.717) is 34.6 Å².